The standard InChI is InChI=1S/C20H21N3O4/c1-14-13-22-23(16-5-9-17(26-2)10-6-16)19(14)15-3-7-18(8-4-15)27-12-11-21-20(24)25/h3-10,13,21H,11-12H2,1-2H3,(H,24,25)/p-1. The molecule has 0 aliphatic rings. The van der Waals surface area contributed by atoms with Crippen LogP contribution in [0.3, 0.4) is 0 Å². The van der Waals surface area contributed by atoms with E-state index in [2.05, 4.69) is 10.4 Å². The van der Waals surface area contributed by atoms with Gasteiger partial charge in [-0.1, -0.05) is 0 Å². The van der Waals surface area contributed by atoms with Crippen LogP contribution in [0.4, 0.5) is 4.79 Å². The lowest BCUT2D eigenvalue weighted by molar-refractivity contribution is -0.250. The minimum absolute atomic E-state index is 0.174. The van der Waals surface area contributed by atoms with Gasteiger partial charge in [-0.3, -0.25) is 0 Å². The molecule has 0 atom stereocenters. The Labute approximate surface area is 157 Å². The van der Waals surface area contributed by atoms with Gasteiger partial charge in [0.15, 0.2) is 0 Å². The predicted octanol–water partition coefficient (Wildman–Crippen LogP) is 2.17. The number of hydrogen-bond acceptors (Lipinski definition) is 5. The molecule has 0 bridgehead atoms. The molecule has 1 aromatic heterocycles. The molecule has 7 heteroatoms. The van der Waals surface area contributed by atoms with Crippen LogP contribution in [-0.4, -0.2) is 36.1 Å². The Hall–Kier alpha value is -3.48. The van der Waals surface area contributed by atoms with Gasteiger partial charge in [-0.2, -0.15) is 5.10 Å². The second kappa shape index (κ2) is 8.27. The van der Waals surface area contributed by atoms with Crippen molar-refractivity contribution in [1.29, 1.82) is 0 Å². The van der Waals surface area contributed by atoms with Crippen molar-refractivity contribution in [2.45, 2.75) is 6.92 Å². The van der Waals surface area contributed by atoms with Crippen LogP contribution in [0.5, 0.6) is 11.5 Å². The number of carbonyl (C=O) groups excluding carboxylic acids is 1. The molecular weight excluding hydrogens is 346 g/mol. The first-order valence-corrected chi connectivity index (χ1v) is 8.45. The Morgan fingerprint density at radius 3 is 2.41 bits per heavy atom. The molecule has 3 aromatic rings. The second-order valence-electron chi connectivity index (χ2n) is 5.87. The number of amides is 1. The highest BCUT2D eigenvalue weighted by Crippen LogP contribution is 2.28. The van der Waals surface area contributed by atoms with Crippen molar-refractivity contribution in [3.8, 4) is 28.4 Å². The van der Waals surface area contributed by atoms with Crippen LogP contribution in [0.1, 0.15) is 5.56 Å². The molecule has 1 heterocycles. The van der Waals surface area contributed by atoms with E-state index in [0.29, 0.717) is 5.75 Å². The number of methoxy groups -OCH3 is 1. The largest absolute Gasteiger partial charge is 0.530 e. The summed E-state index contributed by atoms with van der Waals surface area (Å²) in [5, 5.41) is 17.0. The van der Waals surface area contributed by atoms with E-state index in [9.17, 15) is 9.90 Å². The Morgan fingerprint density at radius 2 is 1.78 bits per heavy atom. The van der Waals surface area contributed by atoms with Crippen molar-refractivity contribution in [2.24, 2.45) is 0 Å². The summed E-state index contributed by atoms with van der Waals surface area (Å²) in [4.78, 5) is 10.3. The maximum atomic E-state index is 10.3. The third-order valence-corrected chi connectivity index (χ3v) is 4.04. The summed E-state index contributed by atoms with van der Waals surface area (Å²) in [6.45, 7) is 2.42. The quantitative estimate of drug-likeness (QED) is 0.648. The van der Waals surface area contributed by atoms with E-state index in [1.807, 2.05) is 66.3 Å². The number of carbonyl (C=O) groups is 1. The average molecular weight is 366 g/mol. The lowest BCUT2D eigenvalue weighted by atomic mass is 10.1. The summed E-state index contributed by atoms with van der Waals surface area (Å²) < 4.78 is 12.6. The van der Waals surface area contributed by atoms with Crippen molar-refractivity contribution in [2.75, 3.05) is 20.3 Å². The molecule has 0 aliphatic heterocycles. The highest BCUT2D eigenvalue weighted by atomic mass is 16.5. The number of carboxylic acid groups (broad SMARTS) is 1. The molecule has 0 unspecified atom stereocenters. The summed E-state index contributed by atoms with van der Waals surface area (Å²) >= 11 is 0. The zero-order chi connectivity index (χ0) is 19.2. The SMILES string of the molecule is COc1ccc(-n2ncc(C)c2-c2ccc(OCCNC(=O)[O-])cc2)cc1. The number of rotatable bonds is 7. The Kier molecular flexibility index (Phi) is 5.61. The minimum Gasteiger partial charge on any atom is -0.530 e. The molecule has 7 nitrogen and oxygen atoms in total. The molecule has 1 N–H and O–H groups in total. The molecule has 0 fully saturated rings. The molecule has 3 rings (SSSR count). The van der Waals surface area contributed by atoms with Crippen molar-refractivity contribution in [1.82, 2.24) is 15.1 Å². The van der Waals surface area contributed by atoms with E-state index in [-0.39, 0.29) is 13.2 Å². The Bertz CT molecular complexity index is 902. The number of aromatic nitrogens is 2. The van der Waals surface area contributed by atoms with E-state index in [1.165, 1.54) is 0 Å². The molecule has 0 spiro atoms. The summed E-state index contributed by atoms with van der Waals surface area (Å²) in [7, 11) is 1.64. The number of hydrogen-bond donors (Lipinski definition) is 1. The summed E-state index contributed by atoms with van der Waals surface area (Å²) in [6, 6.07) is 15.3. The summed E-state index contributed by atoms with van der Waals surface area (Å²) in [5.41, 5.74) is 3.98. The van der Waals surface area contributed by atoms with E-state index < -0.39 is 6.09 Å². The maximum Gasteiger partial charge on any atom is 0.134 e. The smallest absolute Gasteiger partial charge is 0.134 e. The second-order valence-corrected chi connectivity index (χ2v) is 5.87. The van der Waals surface area contributed by atoms with Crippen LogP contribution in [0.2, 0.25) is 0 Å². The van der Waals surface area contributed by atoms with Crippen molar-refractivity contribution in [3.05, 3.63) is 60.3 Å². The van der Waals surface area contributed by atoms with E-state index >= 15 is 0 Å². The third kappa shape index (κ3) is 4.38. The fourth-order valence-corrected chi connectivity index (χ4v) is 2.73. The fraction of sp³-hybridized carbons (Fsp3) is 0.200. The number of nitrogens with zero attached hydrogens (tertiary/aromatic N) is 2. The monoisotopic (exact) mass is 366 g/mol. The first-order valence-electron chi connectivity index (χ1n) is 8.45. The van der Waals surface area contributed by atoms with Gasteiger partial charge in [0.25, 0.3) is 0 Å². The van der Waals surface area contributed by atoms with Crippen LogP contribution in [0.25, 0.3) is 16.9 Å². The average Bonchev–Trinajstić information content (AvgIpc) is 3.07. The van der Waals surface area contributed by atoms with Gasteiger partial charge in [0, 0.05) is 5.56 Å². The highest BCUT2D eigenvalue weighted by Gasteiger charge is 2.12. The van der Waals surface area contributed by atoms with E-state index in [4.69, 9.17) is 9.47 Å². The lowest BCUT2D eigenvalue weighted by Gasteiger charge is -2.11. The van der Waals surface area contributed by atoms with Gasteiger partial charge < -0.3 is 24.7 Å². The van der Waals surface area contributed by atoms with Crippen LogP contribution < -0.4 is 19.9 Å². The normalized spacial score (nSPS) is 10.4. The molecule has 0 radical (unpaired) electrons. The lowest BCUT2D eigenvalue weighted by Crippen LogP contribution is -2.38. The number of ether oxygens (including phenoxy) is 2. The third-order valence-electron chi connectivity index (χ3n) is 4.04. The van der Waals surface area contributed by atoms with Crippen LogP contribution in [-0.2, 0) is 0 Å². The van der Waals surface area contributed by atoms with Gasteiger partial charge in [0.1, 0.15) is 24.2 Å². The number of benzene rings is 2. The van der Waals surface area contributed by atoms with Crippen LogP contribution >= 0.6 is 0 Å². The zero-order valence-electron chi connectivity index (χ0n) is 15.1. The number of nitrogens with one attached hydrogen (secondary N) is 1. The molecule has 0 saturated heterocycles. The van der Waals surface area contributed by atoms with E-state index in [0.717, 1.165) is 28.3 Å². The van der Waals surface area contributed by atoms with Crippen molar-refractivity contribution >= 4 is 6.09 Å². The first kappa shape index (κ1) is 18.3. The molecule has 140 valence electrons. The Balaban J connectivity index is 1.78. The fourth-order valence-electron chi connectivity index (χ4n) is 2.73. The van der Waals surface area contributed by atoms with Gasteiger partial charge in [0.2, 0.25) is 0 Å². The van der Waals surface area contributed by atoms with Crippen molar-refractivity contribution < 1.29 is 19.4 Å². The Morgan fingerprint density at radius 1 is 1.11 bits per heavy atom. The van der Waals surface area contributed by atoms with Crippen molar-refractivity contribution in [3.63, 3.8) is 0 Å². The molecule has 2 aromatic carbocycles. The molecule has 0 aliphatic carbocycles. The summed E-state index contributed by atoms with van der Waals surface area (Å²) in [6.07, 6.45) is 0.520. The molecular formula is C20H20N3O4-. The van der Waals surface area contributed by atoms with Gasteiger partial charge in [-0.25, -0.2) is 4.68 Å². The van der Waals surface area contributed by atoms with Gasteiger partial charge >= 0.3 is 0 Å². The molecule has 0 saturated carbocycles. The summed E-state index contributed by atoms with van der Waals surface area (Å²) in [5.74, 6) is 1.45. The van der Waals surface area contributed by atoms with Crippen LogP contribution in [0.15, 0.2) is 54.7 Å². The zero-order valence-corrected chi connectivity index (χ0v) is 15.1. The van der Waals surface area contributed by atoms with Gasteiger partial charge in [-0.15, -0.1) is 0 Å². The van der Waals surface area contributed by atoms with Gasteiger partial charge in [0.05, 0.1) is 31.2 Å². The number of aryl methyl sites for hydroxylation is 1. The molecule has 1 amide bonds. The van der Waals surface area contributed by atoms with Gasteiger partial charge in [-0.05, 0) is 61.0 Å². The first-order chi connectivity index (χ1) is 13.1. The predicted molar refractivity (Wildman–Crippen MR) is 99.2 cm³/mol. The topological polar surface area (TPSA) is 88.4 Å². The highest BCUT2D eigenvalue weighted by molar-refractivity contribution is 5.66. The molecule has 27 heavy (non-hydrogen) atoms. The minimum atomic E-state index is -1.31. The van der Waals surface area contributed by atoms with Crippen LogP contribution in [0, 0.1) is 6.92 Å². The maximum absolute atomic E-state index is 10.3. The van der Waals surface area contributed by atoms with E-state index in [1.54, 1.807) is 7.11 Å².